The van der Waals surface area contributed by atoms with Gasteiger partial charge in [0.2, 0.25) is 0 Å². The van der Waals surface area contributed by atoms with Crippen molar-refractivity contribution >= 4 is 11.9 Å². The molecule has 0 aromatic heterocycles. The highest BCUT2D eigenvalue weighted by Crippen LogP contribution is 2.07. The van der Waals surface area contributed by atoms with E-state index in [0.717, 1.165) is 13.0 Å². The highest BCUT2D eigenvalue weighted by Gasteiger charge is 2.11. The van der Waals surface area contributed by atoms with E-state index in [-0.39, 0.29) is 11.5 Å². The van der Waals surface area contributed by atoms with Crippen molar-refractivity contribution in [1.29, 1.82) is 0 Å². The number of benzene rings is 1. The Kier molecular flexibility index (Phi) is 5.12. The van der Waals surface area contributed by atoms with E-state index < -0.39 is 5.97 Å². The van der Waals surface area contributed by atoms with E-state index in [1.807, 2.05) is 0 Å². The number of likely N-dealkylation sites (tertiary alicyclic amines) is 1. The molecule has 2 N–H and O–H groups in total. The van der Waals surface area contributed by atoms with E-state index in [1.165, 1.54) is 38.1 Å². The van der Waals surface area contributed by atoms with Crippen molar-refractivity contribution in [3.8, 4) is 0 Å². The number of nitrogens with zero attached hydrogens (tertiary/aromatic N) is 1. The maximum absolute atomic E-state index is 11.8. The maximum Gasteiger partial charge on any atom is 0.335 e. The molecule has 1 fully saturated rings. The van der Waals surface area contributed by atoms with Crippen LogP contribution in [0.15, 0.2) is 24.3 Å². The van der Waals surface area contributed by atoms with Gasteiger partial charge in [-0.3, -0.25) is 4.79 Å². The second-order valence-electron chi connectivity index (χ2n) is 5.04. The van der Waals surface area contributed by atoms with E-state index in [4.69, 9.17) is 5.11 Å². The first-order chi connectivity index (χ1) is 9.66. The lowest BCUT2D eigenvalue weighted by atomic mass is 10.1. The predicted molar refractivity (Wildman–Crippen MR) is 76.0 cm³/mol. The van der Waals surface area contributed by atoms with Gasteiger partial charge in [-0.05, 0) is 63.2 Å². The van der Waals surface area contributed by atoms with Crippen molar-refractivity contribution in [3.63, 3.8) is 0 Å². The summed E-state index contributed by atoms with van der Waals surface area (Å²) >= 11 is 0. The van der Waals surface area contributed by atoms with Gasteiger partial charge >= 0.3 is 5.97 Å². The SMILES string of the molecule is O=C(O)c1ccc(C(=O)NCCCN2CCCC2)cc1. The molecule has 0 atom stereocenters. The van der Waals surface area contributed by atoms with Crippen molar-refractivity contribution in [2.45, 2.75) is 19.3 Å². The number of nitrogens with one attached hydrogen (secondary N) is 1. The predicted octanol–water partition coefficient (Wildman–Crippen LogP) is 1.60. The fourth-order valence-electron chi connectivity index (χ4n) is 2.38. The van der Waals surface area contributed by atoms with Gasteiger partial charge in [-0.25, -0.2) is 4.79 Å². The molecule has 0 unspecified atom stereocenters. The lowest BCUT2D eigenvalue weighted by Crippen LogP contribution is -2.28. The van der Waals surface area contributed by atoms with Gasteiger partial charge in [-0.15, -0.1) is 0 Å². The molecule has 0 radical (unpaired) electrons. The third-order valence-corrected chi connectivity index (χ3v) is 3.53. The van der Waals surface area contributed by atoms with Crippen LogP contribution in [-0.2, 0) is 0 Å². The average molecular weight is 276 g/mol. The normalized spacial score (nSPS) is 15.2. The molecule has 1 aliphatic heterocycles. The summed E-state index contributed by atoms with van der Waals surface area (Å²) in [5.74, 6) is -1.13. The van der Waals surface area contributed by atoms with Gasteiger partial charge in [-0.2, -0.15) is 0 Å². The Morgan fingerprint density at radius 3 is 2.30 bits per heavy atom. The van der Waals surface area contributed by atoms with Crippen LogP contribution in [0.5, 0.6) is 0 Å². The Labute approximate surface area is 118 Å². The lowest BCUT2D eigenvalue weighted by Gasteiger charge is -2.14. The monoisotopic (exact) mass is 276 g/mol. The summed E-state index contributed by atoms with van der Waals surface area (Å²) in [5.41, 5.74) is 0.687. The van der Waals surface area contributed by atoms with Gasteiger partial charge < -0.3 is 15.3 Å². The van der Waals surface area contributed by atoms with Crippen LogP contribution in [0.2, 0.25) is 0 Å². The van der Waals surface area contributed by atoms with Crippen LogP contribution in [0.4, 0.5) is 0 Å². The number of carboxylic acids is 1. The molecule has 1 saturated heterocycles. The molecule has 1 aliphatic rings. The first-order valence-electron chi connectivity index (χ1n) is 7.01. The molecule has 20 heavy (non-hydrogen) atoms. The Balaban J connectivity index is 1.72. The minimum Gasteiger partial charge on any atom is -0.478 e. The van der Waals surface area contributed by atoms with Crippen LogP contribution in [0.25, 0.3) is 0 Å². The van der Waals surface area contributed by atoms with Crippen molar-refractivity contribution in [2.24, 2.45) is 0 Å². The smallest absolute Gasteiger partial charge is 0.335 e. The fourth-order valence-corrected chi connectivity index (χ4v) is 2.38. The van der Waals surface area contributed by atoms with Crippen LogP contribution >= 0.6 is 0 Å². The number of amides is 1. The molecular weight excluding hydrogens is 256 g/mol. The summed E-state index contributed by atoms with van der Waals surface area (Å²) in [7, 11) is 0. The van der Waals surface area contributed by atoms with Gasteiger partial charge in [0.1, 0.15) is 0 Å². The van der Waals surface area contributed by atoms with E-state index in [0.29, 0.717) is 12.1 Å². The minimum atomic E-state index is -0.984. The van der Waals surface area contributed by atoms with Crippen molar-refractivity contribution in [3.05, 3.63) is 35.4 Å². The van der Waals surface area contributed by atoms with Crippen LogP contribution in [-0.4, -0.2) is 48.1 Å². The third kappa shape index (κ3) is 4.06. The van der Waals surface area contributed by atoms with E-state index >= 15 is 0 Å². The first-order valence-corrected chi connectivity index (χ1v) is 7.01. The van der Waals surface area contributed by atoms with E-state index in [9.17, 15) is 9.59 Å². The van der Waals surface area contributed by atoms with Gasteiger partial charge in [0.05, 0.1) is 5.56 Å². The van der Waals surface area contributed by atoms with E-state index in [1.54, 1.807) is 12.1 Å². The molecule has 108 valence electrons. The van der Waals surface area contributed by atoms with Gasteiger partial charge in [0, 0.05) is 12.1 Å². The van der Waals surface area contributed by atoms with Gasteiger partial charge in [0.25, 0.3) is 5.91 Å². The second-order valence-corrected chi connectivity index (χ2v) is 5.04. The number of carbonyl (C=O) groups excluding carboxylic acids is 1. The molecule has 0 saturated carbocycles. The van der Waals surface area contributed by atoms with Crippen LogP contribution < -0.4 is 5.32 Å². The van der Waals surface area contributed by atoms with Gasteiger partial charge in [0.15, 0.2) is 0 Å². The Hall–Kier alpha value is -1.88. The quantitative estimate of drug-likeness (QED) is 0.774. The number of carboxylic acid groups (broad SMARTS) is 1. The molecule has 2 rings (SSSR count). The molecule has 0 bridgehead atoms. The highest BCUT2D eigenvalue weighted by molar-refractivity contribution is 5.95. The maximum atomic E-state index is 11.8. The number of hydrogen-bond acceptors (Lipinski definition) is 3. The Morgan fingerprint density at radius 2 is 1.70 bits per heavy atom. The Bertz CT molecular complexity index is 465. The molecule has 5 heteroatoms. The number of hydrogen-bond donors (Lipinski definition) is 2. The van der Waals surface area contributed by atoms with Crippen molar-refractivity contribution in [2.75, 3.05) is 26.2 Å². The molecule has 0 aliphatic carbocycles. The largest absolute Gasteiger partial charge is 0.478 e. The second kappa shape index (κ2) is 7.05. The number of aromatic carboxylic acids is 1. The summed E-state index contributed by atoms with van der Waals surface area (Å²) in [4.78, 5) is 25.0. The summed E-state index contributed by atoms with van der Waals surface area (Å²) < 4.78 is 0. The van der Waals surface area contributed by atoms with Crippen molar-refractivity contribution in [1.82, 2.24) is 10.2 Å². The zero-order chi connectivity index (χ0) is 14.4. The van der Waals surface area contributed by atoms with Crippen molar-refractivity contribution < 1.29 is 14.7 Å². The molecule has 1 aromatic rings. The molecular formula is C15H20N2O3. The summed E-state index contributed by atoms with van der Waals surface area (Å²) in [5, 5.41) is 11.6. The highest BCUT2D eigenvalue weighted by atomic mass is 16.4. The van der Waals surface area contributed by atoms with Crippen LogP contribution in [0, 0.1) is 0 Å². The minimum absolute atomic E-state index is 0.150. The molecule has 1 amide bonds. The molecule has 5 nitrogen and oxygen atoms in total. The number of rotatable bonds is 6. The summed E-state index contributed by atoms with van der Waals surface area (Å²) in [6.07, 6.45) is 3.50. The zero-order valence-corrected chi connectivity index (χ0v) is 11.5. The molecule has 0 spiro atoms. The fraction of sp³-hybridized carbons (Fsp3) is 0.467. The summed E-state index contributed by atoms with van der Waals surface area (Å²) in [6.45, 7) is 4.02. The third-order valence-electron chi connectivity index (χ3n) is 3.53. The van der Waals surface area contributed by atoms with Crippen LogP contribution in [0.1, 0.15) is 40.0 Å². The zero-order valence-electron chi connectivity index (χ0n) is 11.5. The standard InChI is InChI=1S/C15H20N2O3/c18-14(12-4-6-13(7-5-12)15(19)20)16-8-3-11-17-9-1-2-10-17/h4-7H,1-3,8-11H2,(H,16,18)(H,19,20). The van der Waals surface area contributed by atoms with Crippen LogP contribution in [0.3, 0.4) is 0 Å². The number of carbonyl (C=O) groups is 2. The first kappa shape index (κ1) is 14.5. The summed E-state index contributed by atoms with van der Waals surface area (Å²) in [6, 6.07) is 5.97. The molecule has 1 aromatic carbocycles. The van der Waals surface area contributed by atoms with Gasteiger partial charge in [-0.1, -0.05) is 0 Å². The Morgan fingerprint density at radius 1 is 1.10 bits per heavy atom. The average Bonchev–Trinajstić information content (AvgIpc) is 2.96. The van der Waals surface area contributed by atoms with E-state index in [2.05, 4.69) is 10.2 Å². The molecule has 1 heterocycles. The topological polar surface area (TPSA) is 69.6 Å². The lowest BCUT2D eigenvalue weighted by molar-refractivity contribution is 0.0696.